The molecule has 0 spiro atoms. The molecule has 0 aromatic heterocycles. The summed E-state index contributed by atoms with van der Waals surface area (Å²) in [6.07, 6.45) is 1.41. The van der Waals surface area contributed by atoms with Crippen LogP contribution in [0.2, 0.25) is 0 Å². The molecule has 1 N–H and O–H groups in total. The first-order valence-electron chi connectivity index (χ1n) is 3.87. The third kappa shape index (κ3) is 4.67. The summed E-state index contributed by atoms with van der Waals surface area (Å²) in [5.74, 6) is -2.54. The first-order valence-corrected chi connectivity index (χ1v) is 5.00. The number of hydrogen-bond donors (Lipinski definition) is 1. The van der Waals surface area contributed by atoms with Gasteiger partial charge in [-0.2, -0.15) is 4.79 Å². The van der Waals surface area contributed by atoms with E-state index in [1.54, 1.807) is 13.8 Å². The fourth-order valence-electron chi connectivity index (χ4n) is 0.900. The third-order valence-corrected chi connectivity index (χ3v) is 2.18. The van der Waals surface area contributed by atoms with Crippen LogP contribution >= 0.6 is 34.8 Å². The highest BCUT2D eigenvalue weighted by Gasteiger charge is 2.43. The van der Waals surface area contributed by atoms with Gasteiger partial charge in [-0.3, -0.25) is 0 Å². The van der Waals surface area contributed by atoms with Crippen molar-refractivity contribution >= 4 is 46.5 Å². The molecule has 0 bridgehead atoms. The molecule has 4 nitrogen and oxygen atoms in total. The Kier molecular flexibility index (Phi) is 5.32. The van der Waals surface area contributed by atoms with Crippen LogP contribution in [-0.4, -0.2) is 25.4 Å². The monoisotopic (exact) mass is 270 g/mol. The summed E-state index contributed by atoms with van der Waals surface area (Å²) >= 11 is 16.8. The second-order valence-electron chi connectivity index (χ2n) is 3.05. The van der Waals surface area contributed by atoms with Crippen molar-refractivity contribution < 1.29 is 14.7 Å². The first-order chi connectivity index (χ1) is 6.70. The largest absolute Gasteiger partial charge is 0.473 e. The molecule has 7 heteroatoms. The maximum atomic E-state index is 10.7. The minimum absolute atomic E-state index is 0.615. The third-order valence-electron chi connectivity index (χ3n) is 1.47. The zero-order valence-electron chi connectivity index (χ0n) is 8.04. The van der Waals surface area contributed by atoms with E-state index in [0.717, 1.165) is 5.57 Å². The molecule has 0 aliphatic heterocycles. The van der Waals surface area contributed by atoms with Crippen LogP contribution in [-0.2, 0) is 4.79 Å². The summed E-state index contributed by atoms with van der Waals surface area (Å²) in [5, 5.41) is 8.72. The van der Waals surface area contributed by atoms with Gasteiger partial charge in [-0.05, 0) is 13.8 Å². The van der Waals surface area contributed by atoms with Crippen molar-refractivity contribution in [3.05, 3.63) is 17.2 Å². The minimum Gasteiger partial charge on any atom is -0.473 e. The number of nitrogens with zero attached hydrogens (tertiary/aromatic N) is 2. The molecule has 0 saturated heterocycles. The van der Waals surface area contributed by atoms with Crippen LogP contribution in [0.5, 0.6) is 0 Å². The highest BCUT2D eigenvalue weighted by atomic mass is 35.6. The molecule has 15 heavy (non-hydrogen) atoms. The zero-order valence-corrected chi connectivity index (χ0v) is 10.3. The van der Waals surface area contributed by atoms with Gasteiger partial charge >= 0.3 is 11.7 Å². The molecule has 1 atom stereocenters. The Morgan fingerprint density at radius 1 is 1.47 bits per heavy atom. The Bertz CT molecular complexity index is 336. The lowest BCUT2D eigenvalue weighted by Crippen LogP contribution is -2.33. The SMILES string of the molecule is CC(C)=CC(C(=[N+]=[N-])C(=O)O)C(Cl)(Cl)Cl. The van der Waals surface area contributed by atoms with Gasteiger partial charge in [0, 0.05) is 0 Å². The van der Waals surface area contributed by atoms with Crippen molar-refractivity contribution in [3.8, 4) is 0 Å². The molecule has 0 heterocycles. The van der Waals surface area contributed by atoms with E-state index >= 15 is 0 Å². The number of alkyl halides is 3. The summed E-state index contributed by atoms with van der Waals surface area (Å²) in [6, 6.07) is 0. The van der Waals surface area contributed by atoms with Crippen LogP contribution in [0.4, 0.5) is 0 Å². The Morgan fingerprint density at radius 2 is 1.93 bits per heavy atom. The summed E-state index contributed by atoms with van der Waals surface area (Å²) < 4.78 is -1.88. The van der Waals surface area contributed by atoms with Gasteiger partial charge in [0.25, 0.3) is 0 Å². The summed E-state index contributed by atoms with van der Waals surface area (Å²) in [6.45, 7) is 3.42. The smallest absolute Gasteiger partial charge is 0.415 e. The van der Waals surface area contributed by atoms with Gasteiger partial charge in [0.2, 0.25) is 3.79 Å². The van der Waals surface area contributed by atoms with Gasteiger partial charge in [-0.1, -0.05) is 46.5 Å². The first kappa shape index (κ1) is 14.5. The maximum absolute atomic E-state index is 10.7. The second kappa shape index (κ2) is 5.52. The Hall–Kier alpha value is -0.540. The average Bonchev–Trinajstić information content (AvgIpc) is 2.00. The van der Waals surface area contributed by atoms with Crippen LogP contribution in [0, 0.1) is 5.92 Å². The Balaban J connectivity index is 5.40. The molecular formula is C8H9Cl3N2O2. The molecule has 0 rings (SSSR count). The molecule has 0 amide bonds. The van der Waals surface area contributed by atoms with E-state index in [1.165, 1.54) is 6.08 Å². The lowest BCUT2D eigenvalue weighted by Gasteiger charge is -2.16. The Labute approximate surface area is 102 Å². The maximum Gasteiger partial charge on any atom is 0.415 e. The van der Waals surface area contributed by atoms with Gasteiger partial charge in [0.1, 0.15) is 5.92 Å². The quantitative estimate of drug-likeness (QED) is 0.282. The standard InChI is InChI=1S/C8H9Cl3N2O2/c1-4(2)3-5(8(9,10)11)6(13-12)7(14)15/h3,5H,1-2H3,(H,14,15). The van der Waals surface area contributed by atoms with Gasteiger partial charge in [0.15, 0.2) is 0 Å². The number of aliphatic carboxylic acids is 1. The number of allylic oxidation sites excluding steroid dienone is 2. The second-order valence-corrected chi connectivity index (χ2v) is 5.42. The van der Waals surface area contributed by atoms with Crippen molar-refractivity contribution in [1.29, 1.82) is 0 Å². The number of hydrogen-bond acceptors (Lipinski definition) is 1. The molecule has 0 aromatic rings. The van der Waals surface area contributed by atoms with Crippen LogP contribution in [0.25, 0.3) is 5.53 Å². The Morgan fingerprint density at radius 3 is 2.13 bits per heavy atom. The topological polar surface area (TPSA) is 73.7 Å². The van der Waals surface area contributed by atoms with Crippen LogP contribution < -0.4 is 0 Å². The summed E-state index contributed by atoms with van der Waals surface area (Å²) in [4.78, 5) is 13.3. The van der Waals surface area contributed by atoms with Crippen molar-refractivity contribution in [2.45, 2.75) is 17.6 Å². The molecule has 0 aliphatic carbocycles. The lowest BCUT2D eigenvalue weighted by molar-refractivity contribution is -0.134. The summed E-state index contributed by atoms with van der Waals surface area (Å²) in [7, 11) is 0. The molecule has 84 valence electrons. The van der Waals surface area contributed by atoms with E-state index in [9.17, 15) is 4.79 Å². The van der Waals surface area contributed by atoms with Gasteiger partial charge in [0.05, 0.1) is 0 Å². The van der Waals surface area contributed by atoms with Gasteiger partial charge < -0.3 is 10.6 Å². The molecule has 0 fully saturated rings. The number of halogens is 3. The van der Waals surface area contributed by atoms with Crippen LogP contribution in [0.1, 0.15) is 13.8 Å². The molecular weight excluding hydrogens is 262 g/mol. The van der Waals surface area contributed by atoms with E-state index in [4.69, 9.17) is 45.4 Å². The van der Waals surface area contributed by atoms with E-state index in [0.29, 0.717) is 0 Å². The van der Waals surface area contributed by atoms with Crippen molar-refractivity contribution in [2.24, 2.45) is 5.92 Å². The van der Waals surface area contributed by atoms with Gasteiger partial charge in [-0.15, -0.1) is 0 Å². The van der Waals surface area contributed by atoms with Gasteiger partial charge in [-0.25, -0.2) is 4.79 Å². The zero-order chi connectivity index (χ0) is 12.2. The number of carboxylic acid groups (broad SMARTS) is 1. The predicted molar refractivity (Wildman–Crippen MR) is 59.5 cm³/mol. The fourth-order valence-corrected chi connectivity index (χ4v) is 1.40. The molecule has 0 aliphatic rings. The molecule has 0 aromatic carbocycles. The van der Waals surface area contributed by atoms with E-state index < -0.39 is 21.4 Å². The molecule has 0 saturated carbocycles. The molecule has 0 radical (unpaired) electrons. The number of rotatable bonds is 3. The number of carboxylic acids is 1. The summed E-state index contributed by atoms with van der Waals surface area (Å²) in [5.41, 5.74) is 8.67. The highest BCUT2D eigenvalue weighted by Crippen LogP contribution is 2.37. The minimum atomic E-state index is -1.88. The van der Waals surface area contributed by atoms with Crippen molar-refractivity contribution in [2.75, 3.05) is 0 Å². The van der Waals surface area contributed by atoms with E-state index in [-0.39, 0.29) is 0 Å². The fraction of sp³-hybridized carbons (Fsp3) is 0.500. The van der Waals surface area contributed by atoms with Crippen LogP contribution in [0.15, 0.2) is 11.6 Å². The van der Waals surface area contributed by atoms with E-state index in [2.05, 4.69) is 4.79 Å². The number of carbonyl (C=O) groups is 1. The molecule has 1 unspecified atom stereocenters. The predicted octanol–water partition coefficient (Wildman–Crippen LogP) is 2.69. The van der Waals surface area contributed by atoms with Crippen molar-refractivity contribution in [3.63, 3.8) is 0 Å². The van der Waals surface area contributed by atoms with Crippen LogP contribution in [0.3, 0.4) is 0 Å². The lowest BCUT2D eigenvalue weighted by atomic mass is 10.0. The normalized spacial score (nSPS) is 12.6. The van der Waals surface area contributed by atoms with Crippen molar-refractivity contribution in [1.82, 2.24) is 0 Å². The van der Waals surface area contributed by atoms with E-state index in [1.807, 2.05) is 0 Å². The average molecular weight is 272 g/mol. The highest BCUT2D eigenvalue weighted by molar-refractivity contribution is 6.69.